The number of hydrogen-bond donors (Lipinski definition) is 0. The summed E-state index contributed by atoms with van der Waals surface area (Å²) in [6.45, 7) is 7.51. The van der Waals surface area contributed by atoms with Crippen LogP contribution >= 0.6 is 22.9 Å². The molecule has 0 spiro atoms. The summed E-state index contributed by atoms with van der Waals surface area (Å²) >= 11 is 7.83. The lowest BCUT2D eigenvalue weighted by molar-refractivity contribution is -0.136. The zero-order valence-corrected chi connectivity index (χ0v) is 20.4. The maximum Gasteiger partial charge on any atom is 0.227 e. The highest BCUT2D eigenvalue weighted by Crippen LogP contribution is 2.34. The van der Waals surface area contributed by atoms with Gasteiger partial charge in [0.05, 0.1) is 22.7 Å². The van der Waals surface area contributed by atoms with Crippen LogP contribution in [0.4, 0.5) is 10.8 Å². The van der Waals surface area contributed by atoms with Gasteiger partial charge in [-0.1, -0.05) is 29.0 Å². The van der Waals surface area contributed by atoms with Crippen molar-refractivity contribution >= 4 is 49.9 Å². The molecule has 5 rings (SSSR count). The Hall–Kier alpha value is -2.51. The SMILES string of the molecule is CCOc1ccc2nc(N3CCC[C@H](C(=O)N4CCN(c5cccc(Cl)c5)CC4)C3)sc2c1. The van der Waals surface area contributed by atoms with E-state index in [1.807, 2.05) is 42.2 Å². The van der Waals surface area contributed by atoms with Gasteiger partial charge in [-0.25, -0.2) is 4.98 Å². The number of hydrogen-bond acceptors (Lipinski definition) is 6. The number of piperidine rings is 1. The van der Waals surface area contributed by atoms with Crippen LogP contribution in [-0.2, 0) is 4.79 Å². The summed E-state index contributed by atoms with van der Waals surface area (Å²) < 4.78 is 6.76. The molecule has 1 amide bonds. The molecule has 0 N–H and O–H groups in total. The topological polar surface area (TPSA) is 48.9 Å². The summed E-state index contributed by atoms with van der Waals surface area (Å²) in [4.78, 5) is 24.8. The highest BCUT2D eigenvalue weighted by molar-refractivity contribution is 7.22. The van der Waals surface area contributed by atoms with Gasteiger partial charge in [-0.05, 0) is 56.2 Å². The van der Waals surface area contributed by atoms with Crippen molar-refractivity contribution in [2.75, 3.05) is 55.7 Å². The number of anilines is 2. The number of piperazine rings is 1. The standard InChI is InChI=1S/C25H29ClN4O2S/c1-2-32-21-8-9-22-23(16-21)33-25(27-22)30-10-4-5-18(17-30)24(31)29-13-11-28(12-14-29)20-7-3-6-19(26)15-20/h3,6-9,15-16,18H,2,4-5,10-14,17H2,1H3/t18-/m0/s1. The fourth-order valence-electron chi connectivity index (χ4n) is 4.75. The van der Waals surface area contributed by atoms with E-state index in [0.717, 1.165) is 83.9 Å². The van der Waals surface area contributed by atoms with E-state index in [9.17, 15) is 4.79 Å². The molecule has 6 nitrogen and oxygen atoms in total. The molecule has 1 aromatic heterocycles. The molecule has 1 atom stereocenters. The third-order valence-electron chi connectivity index (χ3n) is 6.47. The molecule has 174 valence electrons. The molecule has 0 unspecified atom stereocenters. The number of nitrogens with zero attached hydrogens (tertiary/aromatic N) is 4. The molecule has 0 bridgehead atoms. The Kier molecular flexibility index (Phi) is 6.60. The number of benzene rings is 2. The number of ether oxygens (including phenoxy) is 1. The predicted octanol–water partition coefficient (Wildman–Crippen LogP) is 4.91. The summed E-state index contributed by atoms with van der Waals surface area (Å²) in [6, 6.07) is 14.0. The molecular weight excluding hydrogens is 456 g/mol. The number of amides is 1. The Bertz CT molecular complexity index is 1130. The number of halogens is 1. The van der Waals surface area contributed by atoms with Gasteiger partial charge in [-0.15, -0.1) is 0 Å². The van der Waals surface area contributed by atoms with E-state index >= 15 is 0 Å². The van der Waals surface area contributed by atoms with Crippen molar-refractivity contribution in [2.24, 2.45) is 5.92 Å². The lowest BCUT2D eigenvalue weighted by Gasteiger charge is -2.39. The molecule has 8 heteroatoms. The highest BCUT2D eigenvalue weighted by Gasteiger charge is 2.32. The second-order valence-corrected chi connectivity index (χ2v) is 10.1. The summed E-state index contributed by atoms with van der Waals surface area (Å²) in [6.07, 6.45) is 1.96. The Morgan fingerprint density at radius 3 is 2.76 bits per heavy atom. The molecule has 2 saturated heterocycles. The quantitative estimate of drug-likeness (QED) is 0.514. The van der Waals surface area contributed by atoms with Gasteiger partial charge in [0.1, 0.15) is 5.75 Å². The number of carbonyl (C=O) groups excluding carboxylic acids is 1. The lowest BCUT2D eigenvalue weighted by atomic mass is 9.96. The Morgan fingerprint density at radius 1 is 1.12 bits per heavy atom. The minimum atomic E-state index is 0.0301. The summed E-state index contributed by atoms with van der Waals surface area (Å²) in [5, 5.41) is 1.75. The van der Waals surface area contributed by atoms with Gasteiger partial charge < -0.3 is 19.4 Å². The molecule has 2 aliphatic heterocycles. The molecule has 2 fully saturated rings. The molecule has 2 aromatic carbocycles. The van der Waals surface area contributed by atoms with Crippen LogP contribution in [-0.4, -0.2) is 61.7 Å². The number of thiazole rings is 1. The van der Waals surface area contributed by atoms with Gasteiger partial charge in [-0.2, -0.15) is 0 Å². The van der Waals surface area contributed by atoms with Crippen molar-refractivity contribution < 1.29 is 9.53 Å². The fourth-order valence-corrected chi connectivity index (χ4v) is 5.97. The van der Waals surface area contributed by atoms with Crippen LogP contribution in [0, 0.1) is 5.92 Å². The van der Waals surface area contributed by atoms with E-state index in [2.05, 4.69) is 21.9 Å². The zero-order chi connectivity index (χ0) is 22.8. The van der Waals surface area contributed by atoms with Crippen molar-refractivity contribution in [3.63, 3.8) is 0 Å². The van der Waals surface area contributed by atoms with Crippen LogP contribution in [0.3, 0.4) is 0 Å². The van der Waals surface area contributed by atoms with Crippen LogP contribution in [0.1, 0.15) is 19.8 Å². The molecule has 0 saturated carbocycles. The van der Waals surface area contributed by atoms with Crippen molar-refractivity contribution in [1.29, 1.82) is 0 Å². The first-order chi connectivity index (χ1) is 16.1. The second kappa shape index (κ2) is 9.77. The maximum atomic E-state index is 13.3. The van der Waals surface area contributed by atoms with Gasteiger partial charge in [-0.3, -0.25) is 4.79 Å². The fraction of sp³-hybridized carbons (Fsp3) is 0.440. The van der Waals surface area contributed by atoms with Gasteiger partial charge in [0.25, 0.3) is 0 Å². The third-order valence-corrected chi connectivity index (χ3v) is 7.78. The van der Waals surface area contributed by atoms with Crippen LogP contribution in [0.25, 0.3) is 10.2 Å². The first kappa shape index (κ1) is 22.3. The van der Waals surface area contributed by atoms with E-state index in [1.165, 1.54) is 0 Å². The Labute approximate surface area is 203 Å². The average molecular weight is 485 g/mol. The smallest absolute Gasteiger partial charge is 0.227 e. The molecule has 0 radical (unpaired) electrons. The maximum absolute atomic E-state index is 13.3. The number of carbonyl (C=O) groups is 1. The summed E-state index contributed by atoms with van der Waals surface area (Å²) in [7, 11) is 0. The molecule has 0 aliphatic carbocycles. The van der Waals surface area contributed by atoms with Crippen LogP contribution < -0.4 is 14.5 Å². The zero-order valence-electron chi connectivity index (χ0n) is 18.9. The van der Waals surface area contributed by atoms with E-state index in [4.69, 9.17) is 21.3 Å². The van der Waals surface area contributed by atoms with Crippen molar-refractivity contribution in [3.05, 3.63) is 47.5 Å². The monoisotopic (exact) mass is 484 g/mol. The molecule has 3 heterocycles. The molecule has 33 heavy (non-hydrogen) atoms. The first-order valence-corrected chi connectivity index (χ1v) is 12.9. The van der Waals surface area contributed by atoms with E-state index in [1.54, 1.807) is 11.3 Å². The normalized spacial score (nSPS) is 19.2. The van der Waals surface area contributed by atoms with Gasteiger partial charge in [0.2, 0.25) is 5.91 Å². The minimum absolute atomic E-state index is 0.0301. The first-order valence-electron chi connectivity index (χ1n) is 11.7. The van der Waals surface area contributed by atoms with E-state index < -0.39 is 0 Å². The van der Waals surface area contributed by atoms with Crippen molar-refractivity contribution in [3.8, 4) is 5.75 Å². The minimum Gasteiger partial charge on any atom is -0.494 e. The summed E-state index contributed by atoms with van der Waals surface area (Å²) in [5.74, 6) is 1.19. The van der Waals surface area contributed by atoms with Crippen LogP contribution in [0.2, 0.25) is 5.02 Å². The molecule has 3 aromatic rings. The number of fused-ring (bicyclic) bond motifs is 1. The predicted molar refractivity (Wildman–Crippen MR) is 136 cm³/mol. The lowest BCUT2D eigenvalue weighted by Crippen LogP contribution is -2.52. The van der Waals surface area contributed by atoms with Crippen LogP contribution in [0.15, 0.2) is 42.5 Å². The number of rotatable bonds is 5. The van der Waals surface area contributed by atoms with E-state index in [0.29, 0.717) is 6.61 Å². The van der Waals surface area contributed by atoms with E-state index in [-0.39, 0.29) is 11.8 Å². The van der Waals surface area contributed by atoms with Gasteiger partial charge in [0, 0.05) is 50.0 Å². The Balaban J connectivity index is 1.22. The summed E-state index contributed by atoms with van der Waals surface area (Å²) in [5.41, 5.74) is 2.12. The van der Waals surface area contributed by atoms with Crippen molar-refractivity contribution in [1.82, 2.24) is 9.88 Å². The highest BCUT2D eigenvalue weighted by atomic mass is 35.5. The van der Waals surface area contributed by atoms with Crippen LogP contribution in [0.5, 0.6) is 5.75 Å². The molecule has 2 aliphatic rings. The van der Waals surface area contributed by atoms with Gasteiger partial charge >= 0.3 is 0 Å². The molecular formula is C25H29ClN4O2S. The average Bonchev–Trinajstić information content (AvgIpc) is 3.28. The second-order valence-electron chi connectivity index (χ2n) is 8.64. The largest absolute Gasteiger partial charge is 0.494 e. The third kappa shape index (κ3) is 4.89. The van der Waals surface area contributed by atoms with Crippen molar-refractivity contribution in [2.45, 2.75) is 19.8 Å². The number of aromatic nitrogens is 1. The van der Waals surface area contributed by atoms with Gasteiger partial charge in [0.15, 0.2) is 5.13 Å². The Morgan fingerprint density at radius 2 is 1.97 bits per heavy atom.